The van der Waals surface area contributed by atoms with E-state index < -0.39 is 0 Å². The molecule has 0 fully saturated rings. The molecule has 142 valence electrons. The molecule has 0 saturated heterocycles. The Hall–Kier alpha value is -1.97. The number of thiazole rings is 1. The van der Waals surface area contributed by atoms with Gasteiger partial charge in [0.15, 0.2) is 0 Å². The van der Waals surface area contributed by atoms with Crippen molar-refractivity contribution in [2.24, 2.45) is 5.92 Å². The van der Waals surface area contributed by atoms with Gasteiger partial charge in [-0.3, -0.25) is 5.41 Å². The van der Waals surface area contributed by atoms with Crippen LogP contribution in [0.3, 0.4) is 0 Å². The van der Waals surface area contributed by atoms with Crippen LogP contribution >= 0.6 is 22.9 Å². The average molecular weight is 399 g/mol. The van der Waals surface area contributed by atoms with E-state index in [1.807, 2.05) is 50.2 Å². The summed E-state index contributed by atoms with van der Waals surface area (Å²) in [5.74, 6) is 0.884. The number of rotatable bonds is 4. The third-order valence-electron chi connectivity index (χ3n) is 4.40. The van der Waals surface area contributed by atoms with Crippen LogP contribution in [0.15, 0.2) is 48.5 Å². The van der Waals surface area contributed by atoms with Gasteiger partial charge in [-0.05, 0) is 37.0 Å². The van der Waals surface area contributed by atoms with Crippen molar-refractivity contribution in [1.82, 2.24) is 4.98 Å². The van der Waals surface area contributed by atoms with Crippen LogP contribution < -0.4 is 0 Å². The summed E-state index contributed by atoms with van der Waals surface area (Å²) in [5.41, 5.74) is 4.27. The first-order valence-electron chi connectivity index (χ1n) is 9.22. The molecule has 27 heavy (non-hydrogen) atoms. The van der Waals surface area contributed by atoms with Crippen molar-refractivity contribution in [3.05, 3.63) is 75.4 Å². The molecule has 0 aliphatic carbocycles. The fourth-order valence-electron chi connectivity index (χ4n) is 2.35. The maximum atomic E-state index is 8.47. The summed E-state index contributed by atoms with van der Waals surface area (Å²) in [7, 11) is 0. The summed E-state index contributed by atoms with van der Waals surface area (Å²) in [4.78, 5) is 5.70. The van der Waals surface area contributed by atoms with E-state index in [-0.39, 0.29) is 0 Å². The highest BCUT2D eigenvalue weighted by Crippen LogP contribution is 2.31. The summed E-state index contributed by atoms with van der Waals surface area (Å²) in [5, 5.41) is 9.87. The van der Waals surface area contributed by atoms with E-state index in [0.29, 0.717) is 10.7 Å². The van der Waals surface area contributed by atoms with Gasteiger partial charge in [0.1, 0.15) is 5.01 Å². The molecule has 0 saturated carbocycles. The molecule has 0 unspecified atom stereocenters. The fraction of sp³-hybridized carbons (Fsp3) is 0.304. The van der Waals surface area contributed by atoms with Crippen LogP contribution in [0.1, 0.15) is 49.0 Å². The minimum absolute atomic E-state index is 0.426. The normalized spacial score (nSPS) is 10.5. The monoisotopic (exact) mass is 398 g/mol. The first-order chi connectivity index (χ1) is 12.8. The van der Waals surface area contributed by atoms with Crippen LogP contribution in [-0.4, -0.2) is 10.7 Å². The van der Waals surface area contributed by atoms with Gasteiger partial charge in [-0.15, -0.1) is 11.3 Å². The summed E-state index contributed by atoms with van der Waals surface area (Å²) in [6.45, 7) is 10.6. The van der Waals surface area contributed by atoms with Crippen LogP contribution in [-0.2, 0) is 0 Å². The molecule has 0 atom stereocenters. The second-order valence-corrected chi connectivity index (χ2v) is 8.30. The molecule has 3 aromatic rings. The second-order valence-electron chi connectivity index (χ2n) is 6.89. The SMILES string of the molecule is CCC(C)C.Cc1nc(C(=N)c2cccc(Cl)c2C)sc1-c1ccccc1. The van der Waals surface area contributed by atoms with Gasteiger partial charge in [0.25, 0.3) is 0 Å². The molecule has 0 aliphatic rings. The number of benzene rings is 2. The number of hydrogen-bond acceptors (Lipinski definition) is 3. The highest BCUT2D eigenvalue weighted by atomic mass is 35.5. The maximum Gasteiger partial charge on any atom is 0.142 e. The summed E-state index contributed by atoms with van der Waals surface area (Å²) >= 11 is 7.72. The molecule has 2 aromatic carbocycles. The molecule has 2 nitrogen and oxygen atoms in total. The van der Waals surface area contributed by atoms with Crippen molar-refractivity contribution >= 4 is 28.6 Å². The zero-order valence-corrected chi connectivity index (χ0v) is 18.2. The molecule has 0 aliphatic heterocycles. The van der Waals surface area contributed by atoms with Gasteiger partial charge in [0.05, 0.1) is 16.3 Å². The molecular weight excluding hydrogens is 372 g/mol. The number of nitrogens with one attached hydrogen (secondary N) is 1. The van der Waals surface area contributed by atoms with Crippen molar-refractivity contribution in [2.45, 2.75) is 41.0 Å². The Morgan fingerprint density at radius 1 is 1.07 bits per heavy atom. The van der Waals surface area contributed by atoms with E-state index in [2.05, 4.69) is 37.9 Å². The van der Waals surface area contributed by atoms with Crippen molar-refractivity contribution in [1.29, 1.82) is 5.41 Å². The quantitative estimate of drug-likeness (QED) is 0.452. The maximum absolute atomic E-state index is 8.47. The zero-order valence-electron chi connectivity index (χ0n) is 16.6. The smallest absolute Gasteiger partial charge is 0.142 e. The summed E-state index contributed by atoms with van der Waals surface area (Å²) < 4.78 is 0. The van der Waals surface area contributed by atoms with Gasteiger partial charge in [-0.25, -0.2) is 4.98 Å². The largest absolute Gasteiger partial charge is 0.297 e. The van der Waals surface area contributed by atoms with E-state index in [9.17, 15) is 0 Å². The van der Waals surface area contributed by atoms with Crippen LogP contribution in [0.5, 0.6) is 0 Å². The van der Waals surface area contributed by atoms with Crippen molar-refractivity contribution in [3.63, 3.8) is 0 Å². The van der Waals surface area contributed by atoms with E-state index in [1.165, 1.54) is 6.42 Å². The van der Waals surface area contributed by atoms with Crippen LogP contribution in [0.2, 0.25) is 5.02 Å². The van der Waals surface area contributed by atoms with E-state index >= 15 is 0 Å². The molecule has 1 N–H and O–H groups in total. The zero-order chi connectivity index (χ0) is 20.0. The predicted octanol–water partition coefficient (Wildman–Crippen LogP) is 7.55. The first-order valence-corrected chi connectivity index (χ1v) is 10.4. The Kier molecular flexibility index (Phi) is 7.76. The van der Waals surface area contributed by atoms with Gasteiger partial charge in [-0.2, -0.15) is 0 Å². The average Bonchev–Trinajstić information content (AvgIpc) is 3.06. The number of aromatic nitrogens is 1. The Balaban J connectivity index is 0.000000465. The lowest BCUT2D eigenvalue weighted by Gasteiger charge is -2.06. The Morgan fingerprint density at radius 2 is 1.70 bits per heavy atom. The lowest BCUT2D eigenvalue weighted by Crippen LogP contribution is -2.03. The van der Waals surface area contributed by atoms with Crippen LogP contribution in [0.4, 0.5) is 0 Å². The van der Waals surface area contributed by atoms with Crippen molar-refractivity contribution in [2.75, 3.05) is 0 Å². The molecule has 0 radical (unpaired) electrons. The fourth-order valence-corrected chi connectivity index (χ4v) is 3.56. The van der Waals surface area contributed by atoms with E-state index in [4.69, 9.17) is 17.0 Å². The molecular formula is C23H27ClN2S. The predicted molar refractivity (Wildman–Crippen MR) is 120 cm³/mol. The number of aryl methyl sites for hydroxylation is 1. The number of halogens is 1. The lowest BCUT2D eigenvalue weighted by atomic mass is 10.0. The standard InChI is InChI=1S/C18H15ClN2S.C5H12/c1-11-14(9-6-10-15(11)19)16(20)18-21-12(2)17(22-18)13-7-4-3-5-8-13;1-4-5(2)3/h3-10,20H,1-2H3;5H,4H2,1-3H3. The highest BCUT2D eigenvalue weighted by molar-refractivity contribution is 7.17. The van der Waals surface area contributed by atoms with Gasteiger partial charge in [-0.1, -0.05) is 81.3 Å². The van der Waals surface area contributed by atoms with Gasteiger partial charge >= 0.3 is 0 Å². The Morgan fingerprint density at radius 3 is 2.30 bits per heavy atom. The molecule has 0 spiro atoms. The molecule has 0 bridgehead atoms. The molecule has 1 aromatic heterocycles. The Labute approximate surface area is 171 Å². The van der Waals surface area contributed by atoms with Crippen LogP contribution in [0.25, 0.3) is 10.4 Å². The van der Waals surface area contributed by atoms with Gasteiger partial charge < -0.3 is 0 Å². The molecule has 4 heteroatoms. The topological polar surface area (TPSA) is 36.7 Å². The Bertz CT molecular complexity index is 898. The number of nitrogens with zero attached hydrogens (tertiary/aromatic N) is 1. The molecule has 1 heterocycles. The highest BCUT2D eigenvalue weighted by Gasteiger charge is 2.16. The van der Waals surface area contributed by atoms with Gasteiger partial charge in [0, 0.05) is 10.6 Å². The third kappa shape index (κ3) is 5.50. The van der Waals surface area contributed by atoms with E-state index in [1.54, 1.807) is 11.3 Å². The molecule has 3 rings (SSSR count). The van der Waals surface area contributed by atoms with Crippen molar-refractivity contribution in [3.8, 4) is 10.4 Å². The minimum atomic E-state index is 0.426. The minimum Gasteiger partial charge on any atom is -0.297 e. The first kappa shape index (κ1) is 21.3. The van der Waals surface area contributed by atoms with Crippen molar-refractivity contribution < 1.29 is 0 Å². The summed E-state index contributed by atoms with van der Waals surface area (Å²) in [6, 6.07) is 15.8. The lowest BCUT2D eigenvalue weighted by molar-refractivity contribution is 0.626. The summed E-state index contributed by atoms with van der Waals surface area (Å²) in [6.07, 6.45) is 1.31. The van der Waals surface area contributed by atoms with Crippen LogP contribution in [0, 0.1) is 25.2 Å². The molecule has 0 amide bonds. The second kappa shape index (κ2) is 9.82. The number of hydrogen-bond donors (Lipinski definition) is 1. The van der Waals surface area contributed by atoms with Gasteiger partial charge in [0.2, 0.25) is 0 Å². The third-order valence-corrected chi connectivity index (χ3v) is 6.03. The van der Waals surface area contributed by atoms with E-state index in [0.717, 1.165) is 38.2 Å².